The van der Waals surface area contributed by atoms with E-state index in [9.17, 15) is 13.2 Å². The molecule has 1 fully saturated rings. The molecule has 2 heterocycles. The first-order valence-corrected chi connectivity index (χ1v) is 9.24. The number of aromatic nitrogens is 2. The Morgan fingerprint density at radius 1 is 1.12 bits per heavy atom. The second-order valence-electron chi connectivity index (χ2n) is 6.21. The predicted octanol–water partition coefficient (Wildman–Crippen LogP) is 3.48. The molecule has 1 aliphatic rings. The summed E-state index contributed by atoms with van der Waals surface area (Å²) in [5, 5.41) is 1.01. The minimum atomic E-state index is -4.25. The largest absolute Gasteiger partial charge is 0.411 e. The number of nitrogens with zero attached hydrogens (tertiary/aromatic N) is 4. The molecular weight excluding hydrogens is 413 g/mol. The third kappa shape index (κ3) is 5.28. The fourth-order valence-corrected chi connectivity index (χ4v) is 3.39. The van der Waals surface area contributed by atoms with Gasteiger partial charge in [0.05, 0.1) is 5.52 Å². The van der Waals surface area contributed by atoms with Crippen LogP contribution in [0.2, 0.25) is 0 Å². The summed E-state index contributed by atoms with van der Waals surface area (Å²) in [4.78, 5) is 13.2. The molecule has 1 saturated heterocycles. The highest BCUT2D eigenvalue weighted by molar-refractivity contribution is 9.10. The third-order valence-corrected chi connectivity index (χ3v) is 4.77. The minimum absolute atomic E-state index is 0.129. The molecule has 3 rings (SSSR count). The molecular formula is C17H20BrF3N4O. The van der Waals surface area contributed by atoms with Crippen molar-refractivity contribution >= 4 is 32.7 Å². The van der Waals surface area contributed by atoms with Crippen LogP contribution in [0.4, 0.5) is 19.0 Å². The van der Waals surface area contributed by atoms with Crippen LogP contribution >= 0.6 is 15.9 Å². The van der Waals surface area contributed by atoms with E-state index in [4.69, 9.17) is 0 Å². The molecule has 0 amide bonds. The number of halogens is 4. The Labute approximate surface area is 158 Å². The Hall–Kier alpha value is -1.45. The van der Waals surface area contributed by atoms with Crippen molar-refractivity contribution in [2.24, 2.45) is 0 Å². The molecule has 0 unspecified atom stereocenters. The fourth-order valence-electron chi connectivity index (χ4n) is 3.03. The zero-order valence-corrected chi connectivity index (χ0v) is 15.8. The van der Waals surface area contributed by atoms with Gasteiger partial charge in [0.15, 0.2) is 0 Å². The Kier molecular flexibility index (Phi) is 6.31. The summed E-state index contributed by atoms with van der Waals surface area (Å²) in [6.45, 7) is 3.03. The van der Waals surface area contributed by atoms with Crippen LogP contribution < -0.4 is 4.90 Å². The average molecular weight is 433 g/mol. The van der Waals surface area contributed by atoms with E-state index in [0.717, 1.165) is 53.9 Å². The standard InChI is InChI=1S/C17H20BrF3N4O/c18-13-2-3-15-14(10-13)16(23-12-22-15)25-7-5-24(6-8-25)4-1-9-26-11-17(19,20)21/h2-3,10,12H,1,4-9,11H2. The minimum Gasteiger partial charge on any atom is -0.372 e. The molecule has 0 aliphatic carbocycles. The van der Waals surface area contributed by atoms with Crippen LogP contribution in [0.5, 0.6) is 0 Å². The second kappa shape index (κ2) is 8.49. The van der Waals surface area contributed by atoms with Crippen LogP contribution in [0.3, 0.4) is 0 Å². The summed E-state index contributed by atoms with van der Waals surface area (Å²) < 4.78 is 41.7. The van der Waals surface area contributed by atoms with E-state index in [0.29, 0.717) is 6.42 Å². The third-order valence-electron chi connectivity index (χ3n) is 4.28. The van der Waals surface area contributed by atoms with Crippen LogP contribution in [0, 0.1) is 0 Å². The smallest absolute Gasteiger partial charge is 0.372 e. The van der Waals surface area contributed by atoms with E-state index in [1.807, 2.05) is 18.2 Å². The van der Waals surface area contributed by atoms with Crippen molar-refractivity contribution in [2.75, 3.05) is 50.8 Å². The Morgan fingerprint density at radius 3 is 2.62 bits per heavy atom. The van der Waals surface area contributed by atoms with Crippen molar-refractivity contribution in [3.8, 4) is 0 Å². The normalized spacial score (nSPS) is 16.4. The first-order chi connectivity index (χ1) is 12.4. The number of anilines is 1. The van der Waals surface area contributed by atoms with E-state index < -0.39 is 12.8 Å². The van der Waals surface area contributed by atoms with Gasteiger partial charge in [0.1, 0.15) is 18.8 Å². The molecule has 0 spiro atoms. The van der Waals surface area contributed by atoms with Gasteiger partial charge >= 0.3 is 6.18 Å². The monoisotopic (exact) mass is 432 g/mol. The number of fused-ring (bicyclic) bond motifs is 1. The molecule has 5 nitrogen and oxygen atoms in total. The predicted molar refractivity (Wildman–Crippen MR) is 97.4 cm³/mol. The number of piperazine rings is 1. The van der Waals surface area contributed by atoms with Crippen LogP contribution in [-0.2, 0) is 4.74 Å². The van der Waals surface area contributed by atoms with Crippen molar-refractivity contribution in [3.63, 3.8) is 0 Å². The maximum absolute atomic E-state index is 12.0. The molecule has 26 heavy (non-hydrogen) atoms. The highest BCUT2D eigenvalue weighted by Gasteiger charge is 2.27. The lowest BCUT2D eigenvalue weighted by Gasteiger charge is -2.35. The summed E-state index contributed by atoms with van der Waals surface area (Å²) in [5.74, 6) is 0.921. The maximum atomic E-state index is 12.0. The molecule has 0 atom stereocenters. The van der Waals surface area contributed by atoms with Gasteiger partial charge in [-0.2, -0.15) is 13.2 Å². The van der Waals surface area contributed by atoms with Gasteiger partial charge in [0.2, 0.25) is 0 Å². The summed E-state index contributed by atoms with van der Waals surface area (Å²) in [6.07, 6.45) is -2.07. The van der Waals surface area contributed by atoms with Crippen LogP contribution in [0.1, 0.15) is 6.42 Å². The van der Waals surface area contributed by atoms with Crippen molar-refractivity contribution < 1.29 is 17.9 Å². The molecule has 0 saturated carbocycles. The van der Waals surface area contributed by atoms with E-state index >= 15 is 0 Å². The first kappa shape index (κ1) is 19.3. The molecule has 0 radical (unpaired) electrons. The van der Waals surface area contributed by atoms with Crippen molar-refractivity contribution in [3.05, 3.63) is 29.0 Å². The van der Waals surface area contributed by atoms with E-state index in [2.05, 4.69) is 40.4 Å². The van der Waals surface area contributed by atoms with Crippen LogP contribution in [0.25, 0.3) is 10.9 Å². The SMILES string of the molecule is FC(F)(F)COCCCN1CCN(c2ncnc3ccc(Br)cc23)CC1. The van der Waals surface area contributed by atoms with Crippen LogP contribution in [0.15, 0.2) is 29.0 Å². The van der Waals surface area contributed by atoms with Crippen molar-refractivity contribution in [2.45, 2.75) is 12.6 Å². The lowest BCUT2D eigenvalue weighted by Crippen LogP contribution is -2.47. The number of benzene rings is 1. The Bertz CT molecular complexity index is 736. The van der Waals surface area contributed by atoms with Gasteiger partial charge in [0, 0.05) is 49.2 Å². The molecule has 1 aromatic heterocycles. The maximum Gasteiger partial charge on any atom is 0.411 e. The highest BCUT2D eigenvalue weighted by atomic mass is 79.9. The van der Waals surface area contributed by atoms with Gasteiger partial charge in [0.25, 0.3) is 0 Å². The number of hydrogen-bond donors (Lipinski definition) is 0. The van der Waals surface area contributed by atoms with E-state index in [1.165, 1.54) is 0 Å². The lowest BCUT2D eigenvalue weighted by atomic mass is 10.2. The summed E-state index contributed by atoms with van der Waals surface area (Å²) in [7, 11) is 0. The van der Waals surface area contributed by atoms with Gasteiger partial charge in [-0.15, -0.1) is 0 Å². The van der Waals surface area contributed by atoms with Gasteiger partial charge < -0.3 is 9.64 Å². The molecule has 2 aromatic rings. The zero-order valence-electron chi connectivity index (χ0n) is 14.2. The van der Waals surface area contributed by atoms with Gasteiger partial charge in [-0.25, -0.2) is 9.97 Å². The van der Waals surface area contributed by atoms with E-state index in [-0.39, 0.29) is 6.61 Å². The van der Waals surface area contributed by atoms with Crippen LogP contribution in [-0.4, -0.2) is 67.0 Å². The average Bonchev–Trinajstić information content (AvgIpc) is 2.60. The molecule has 142 valence electrons. The van der Waals surface area contributed by atoms with E-state index in [1.54, 1.807) is 6.33 Å². The first-order valence-electron chi connectivity index (χ1n) is 8.44. The summed E-state index contributed by atoms with van der Waals surface area (Å²) in [6, 6.07) is 5.94. The Morgan fingerprint density at radius 2 is 1.88 bits per heavy atom. The van der Waals surface area contributed by atoms with Crippen molar-refractivity contribution in [1.29, 1.82) is 0 Å². The lowest BCUT2D eigenvalue weighted by molar-refractivity contribution is -0.174. The Balaban J connectivity index is 1.49. The summed E-state index contributed by atoms with van der Waals surface area (Å²) >= 11 is 3.49. The van der Waals surface area contributed by atoms with Gasteiger partial charge in [-0.1, -0.05) is 15.9 Å². The van der Waals surface area contributed by atoms with Gasteiger partial charge in [-0.3, -0.25) is 4.90 Å². The number of rotatable bonds is 6. The molecule has 0 bridgehead atoms. The molecule has 1 aliphatic heterocycles. The number of ether oxygens (including phenoxy) is 1. The summed E-state index contributed by atoms with van der Waals surface area (Å²) in [5.41, 5.74) is 0.905. The second-order valence-corrected chi connectivity index (χ2v) is 7.12. The highest BCUT2D eigenvalue weighted by Crippen LogP contribution is 2.26. The fraction of sp³-hybridized carbons (Fsp3) is 0.529. The van der Waals surface area contributed by atoms with Crippen molar-refractivity contribution in [1.82, 2.24) is 14.9 Å². The number of hydrogen-bond acceptors (Lipinski definition) is 5. The van der Waals surface area contributed by atoms with Gasteiger partial charge in [-0.05, 0) is 24.6 Å². The molecule has 1 aromatic carbocycles. The zero-order chi connectivity index (χ0) is 18.6. The number of alkyl halides is 3. The topological polar surface area (TPSA) is 41.5 Å². The quantitative estimate of drug-likeness (QED) is 0.653. The molecule has 0 N–H and O–H groups in total. The molecule has 9 heteroatoms.